The van der Waals surface area contributed by atoms with Gasteiger partial charge in [-0.1, -0.05) is 0 Å². The summed E-state index contributed by atoms with van der Waals surface area (Å²) in [6.07, 6.45) is 2.25. The number of halogens is 1. The fraction of sp³-hybridized carbons (Fsp3) is 0.571. The van der Waals surface area contributed by atoms with E-state index in [1.165, 1.54) is 0 Å². The molecule has 0 unspecified atom stereocenters. The Kier molecular flexibility index (Phi) is 3.94. The third-order valence-corrected chi connectivity index (χ3v) is 4.66. The third kappa shape index (κ3) is 2.67. The van der Waals surface area contributed by atoms with E-state index in [9.17, 15) is 0 Å². The van der Waals surface area contributed by atoms with Crippen molar-refractivity contribution in [3.63, 3.8) is 0 Å². The summed E-state index contributed by atoms with van der Waals surface area (Å²) >= 11 is 3.56. The zero-order valence-electron chi connectivity index (χ0n) is 11.8. The van der Waals surface area contributed by atoms with Crippen molar-refractivity contribution in [3.8, 4) is 0 Å². The highest BCUT2D eigenvalue weighted by molar-refractivity contribution is 9.10. The molecule has 0 saturated carbocycles. The van der Waals surface area contributed by atoms with Gasteiger partial charge in [-0.15, -0.1) is 0 Å². The number of ether oxygens (including phenoxy) is 1. The fourth-order valence-corrected chi connectivity index (χ4v) is 2.88. The largest absolute Gasteiger partial charge is 0.381 e. The van der Waals surface area contributed by atoms with Crippen molar-refractivity contribution in [1.29, 1.82) is 0 Å². The van der Waals surface area contributed by atoms with Gasteiger partial charge in [0.2, 0.25) is 0 Å². The predicted molar refractivity (Wildman–Crippen MR) is 82.2 cm³/mol. The average Bonchev–Trinajstić information content (AvgIpc) is 2.74. The van der Waals surface area contributed by atoms with Gasteiger partial charge in [0.25, 0.3) is 0 Å². The van der Waals surface area contributed by atoms with Crippen LogP contribution in [0.25, 0.3) is 5.65 Å². The zero-order valence-corrected chi connectivity index (χ0v) is 13.4. The summed E-state index contributed by atoms with van der Waals surface area (Å²) in [5.74, 6) is 1.68. The lowest BCUT2D eigenvalue weighted by molar-refractivity contribution is 0.0699. The van der Waals surface area contributed by atoms with Crippen LogP contribution in [0.15, 0.2) is 10.5 Å². The van der Waals surface area contributed by atoms with Crippen molar-refractivity contribution >= 4 is 27.4 Å². The van der Waals surface area contributed by atoms with Crippen LogP contribution in [0.5, 0.6) is 0 Å². The molecular weight excluding hydrogens is 320 g/mol. The number of anilines is 1. The maximum atomic E-state index is 5.40. The van der Waals surface area contributed by atoms with E-state index in [1.807, 2.05) is 24.4 Å². The molecule has 1 aliphatic heterocycles. The molecule has 3 rings (SSSR count). The van der Waals surface area contributed by atoms with Gasteiger partial charge in [0.05, 0.1) is 10.2 Å². The molecule has 0 aromatic carbocycles. The highest BCUT2D eigenvalue weighted by Gasteiger charge is 2.16. The van der Waals surface area contributed by atoms with E-state index < -0.39 is 0 Å². The second kappa shape index (κ2) is 5.69. The molecule has 20 heavy (non-hydrogen) atoms. The predicted octanol–water partition coefficient (Wildman–Crippen LogP) is 2.95. The number of aryl methyl sites for hydroxylation is 2. The molecule has 0 spiro atoms. The second-order valence-corrected chi connectivity index (χ2v) is 6.15. The minimum Gasteiger partial charge on any atom is -0.381 e. The molecular formula is C14H19BrN4O. The lowest BCUT2D eigenvalue weighted by Gasteiger charge is -2.22. The Balaban J connectivity index is 1.84. The first-order valence-corrected chi connectivity index (χ1v) is 7.78. The standard InChI is InChI=1S/C14H19BrN4O/c1-9-7-12(16-8-11-3-5-20-6-4-11)19-14(17-9)13(15)10(2)18-19/h7,11,16H,3-6,8H2,1-2H3. The molecule has 2 aromatic rings. The third-order valence-electron chi connectivity index (χ3n) is 3.73. The Labute approximate surface area is 126 Å². The molecule has 5 nitrogen and oxygen atoms in total. The van der Waals surface area contributed by atoms with Gasteiger partial charge in [-0.05, 0) is 48.5 Å². The Morgan fingerprint density at radius 2 is 2.15 bits per heavy atom. The fourth-order valence-electron chi connectivity index (χ4n) is 2.54. The number of rotatable bonds is 3. The van der Waals surface area contributed by atoms with Crippen LogP contribution >= 0.6 is 15.9 Å². The van der Waals surface area contributed by atoms with E-state index >= 15 is 0 Å². The summed E-state index contributed by atoms with van der Waals surface area (Å²) in [5.41, 5.74) is 2.82. The number of nitrogens with one attached hydrogen (secondary N) is 1. The van der Waals surface area contributed by atoms with Gasteiger partial charge in [-0.2, -0.15) is 9.61 Å². The van der Waals surface area contributed by atoms with Gasteiger partial charge >= 0.3 is 0 Å². The van der Waals surface area contributed by atoms with Crippen LogP contribution in [-0.2, 0) is 4.74 Å². The molecule has 2 aromatic heterocycles. The molecule has 0 bridgehead atoms. The highest BCUT2D eigenvalue weighted by atomic mass is 79.9. The Morgan fingerprint density at radius 3 is 2.90 bits per heavy atom. The smallest absolute Gasteiger partial charge is 0.172 e. The molecule has 0 aliphatic carbocycles. The average molecular weight is 339 g/mol. The molecule has 0 amide bonds. The van der Waals surface area contributed by atoms with Crippen LogP contribution in [-0.4, -0.2) is 34.4 Å². The molecule has 108 valence electrons. The summed E-state index contributed by atoms with van der Waals surface area (Å²) in [4.78, 5) is 4.55. The van der Waals surface area contributed by atoms with Crippen LogP contribution in [0.3, 0.4) is 0 Å². The number of fused-ring (bicyclic) bond motifs is 1. The van der Waals surface area contributed by atoms with Gasteiger partial charge in [0.1, 0.15) is 5.82 Å². The number of nitrogens with zero attached hydrogens (tertiary/aromatic N) is 3. The van der Waals surface area contributed by atoms with Gasteiger partial charge in [0.15, 0.2) is 5.65 Å². The van der Waals surface area contributed by atoms with Crippen molar-refractivity contribution in [1.82, 2.24) is 14.6 Å². The highest BCUT2D eigenvalue weighted by Crippen LogP contribution is 2.24. The maximum Gasteiger partial charge on any atom is 0.172 e. The summed E-state index contributed by atoms with van der Waals surface area (Å²) < 4.78 is 8.25. The maximum absolute atomic E-state index is 5.40. The molecule has 0 radical (unpaired) electrons. The molecule has 1 aliphatic rings. The van der Waals surface area contributed by atoms with Gasteiger partial charge in [-0.3, -0.25) is 0 Å². The SMILES string of the molecule is Cc1cc(NCC2CCOCC2)n2nc(C)c(Br)c2n1. The van der Waals surface area contributed by atoms with Crippen LogP contribution in [0.1, 0.15) is 24.2 Å². The van der Waals surface area contributed by atoms with Crippen LogP contribution in [0, 0.1) is 19.8 Å². The molecule has 1 fully saturated rings. The molecule has 3 heterocycles. The van der Waals surface area contributed by atoms with E-state index in [4.69, 9.17) is 4.74 Å². The topological polar surface area (TPSA) is 51.5 Å². The van der Waals surface area contributed by atoms with Crippen molar-refractivity contribution in [2.45, 2.75) is 26.7 Å². The lowest BCUT2D eigenvalue weighted by Crippen LogP contribution is -2.23. The van der Waals surface area contributed by atoms with Crippen LogP contribution in [0.4, 0.5) is 5.82 Å². The summed E-state index contributed by atoms with van der Waals surface area (Å²) in [7, 11) is 0. The van der Waals surface area contributed by atoms with E-state index in [1.54, 1.807) is 0 Å². The first-order chi connectivity index (χ1) is 9.65. The van der Waals surface area contributed by atoms with Crippen molar-refractivity contribution in [2.75, 3.05) is 25.1 Å². The van der Waals surface area contributed by atoms with Gasteiger partial charge in [-0.25, -0.2) is 4.98 Å². The molecule has 1 N–H and O–H groups in total. The molecule has 6 heteroatoms. The van der Waals surface area contributed by atoms with E-state index in [-0.39, 0.29) is 0 Å². The Hall–Kier alpha value is -1.14. The van der Waals surface area contributed by atoms with Crippen LogP contribution in [0.2, 0.25) is 0 Å². The van der Waals surface area contributed by atoms with Crippen LogP contribution < -0.4 is 5.32 Å². The minimum absolute atomic E-state index is 0.673. The summed E-state index contributed by atoms with van der Waals surface area (Å²) in [6.45, 7) is 6.70. The van der Waals surface area contributed by atoms with Crippen molar-refractivity contribution in [2.24, 2.45) is 5.92 Å². The minimum atomic E-state index is 0.673. The molecule has 1 saturated heterocycles. The van der Waals surface area contributed by atoms with Gasteiger partial charge < -0.3 is 10.1 Å². The molecule has 0 atom stereocenters. The lowest BCUT2D eigenvalue weighted by atomic mass is 10.0. The number of hydrogen-bond donors (Lipinski definition) is 1. The van der Waals surface area contributed by atoms with Crippen molar-refractivity contribution < 1.29 is 4.74 Å². The zero-order chi connectivity index (χ0) is 14.1. The normalized spacial score (nSPS) is 16.8. The summed E-state index contributed by atoms with van der Waals surface area (Å²) in [6, 6.07) is 2.05. The second-order valence-electron chi connectivity index (χ2n) is 5.35. The quantitative estimate of drug-likeness (QED) is 0.934. The summed E-state index contributed by atoms with van der Waals surface area (Å²) in [5, 5.41) is 8.06. The van der Waals surface area contributed by atoms with Crippen molar-refractivity contribution in [3.05, 3.63) is 21.9 Å². The Bertz CT molecular complexity index is 619. The van der Waals surface area contributed by atoms with E-state index in [0.717, 1.165) is 59.9 Å². The van der Waals surface area contributed by atoms with E-state index in [0.29, 0.717) is 5.92 Å². The monoisotopic (exact) mass is 338 g/mol. The number of hydrogen-bond acceptors (Lipinski definition) is 4. The van der Waals surface area contributed by atoms with E-state index in [2.05, 4.69) is 31.3 Å². The first-order valence-electron chi connectivity index (χ1n) is 6.99. The Morgan fingerprint density at radius 1 is 1.40 bits per heavy atom. The number of aromatic nitrogens is 3. The van der Waals surface area contributed by atoms with Gasteiger partial charge in [0, 0.05) is 31.5 Å². The first kappa shape index (κ1) is 13.8.